The van der Waals surface area contributed by atoms with Crippen molar-refractivity contribution in [2.24, 2.45) is 0 Å². The van der Waals surface area contributed by atoms with Gasteiger partial charge in [0.25, 0.3) is 0 Å². The van der Waals surface area contributed by atoms with Gasteiger partial charge in [0.15, 0.2) is 0 Å². The summed E-state index contributed by atoms with van der Waals surface area (Å²) in [6.07, 6.45) is -0.522. The second-order valence-corrected chi connectivity index (χ2v) is 3.64. The topological polar surface area (TPSA) is 61.8 Å². The fraction of sp³-hybridized carbons (Fsp3) is 0.333. The van der Waals surface area contributed by atoms with E-state index in [4.69, 9.17) is 9.47 Å². The molecule has 0 aromatic heterocycles. The van der Waals surface area contributed by atoms with Gasteiger partial charge in [0, 0.05) is 6.42 Å². The fourth-order valence-corrected chi connectivity index (χ4v) is 1.75. The number of benzene rings is 1. The maximum atomic E-state index is 11.7. The van der Waals surface area contributed by atoms with Gasteiger partial charge in [0.05, 0.1) is 19.8 Å². The summed E-state index contributed by atoms with van der Waals surface area (Å²) >= 11 is 0. The highest BCUT2D eigenvalue weighted by Gasteiger charge is 2.32. The highest BCUT2D eigenvalue weighted by atomic mass is 16.6. The van der Waals surface area contributed by atoms with Gasteiger partial charge in [0.2, 0.25) is 6.10 Å². The van der Waals surface area contributed by atoms with Crippen LogP contribution in [-0.2, 0) is 20.7 Å². The first-order valence-corrected chi connectivity index (χ1v) is 5.11. The van der Waals surface area contributed by atoms with Gasteiger partial charge in [-0.2, -0.15) is 0 Å². The molecule has 0 radical (unpaired) electrons. The van der Waals surface area contributed by atoms with Gasteiger partial charge < -0.3 is 14.2 Å². The zero-order chi connectivity index (χ0) is 12.4. The summed E-state index contributed by atoms with van der Waals surface area (Å²) in [5, 5.41) is 0. The molecule has 0 aliphatic carbocycles. The lowest BCUT2D eigenvalue weighted by Crippen LogP contribution is -2.35. The molecule has 1 heterocycles. The van der Waals surface area contributed by atoms with Gasteiger partial charge in [-0.1, -0.05) is 6.07 Å². The molecule has 5 nitrogen and oxygen atoms in total. The number of ether oxygens (including phenoxy) is 3. The number of rotatable bonds is 2. The van der Waals surface area contributed by atoms with Crippen LogP contribution in [0.5, 0.6) is 5.75 Å². The Morgan fingerprint density at radius 1 is 1.41 bits per heavy atom. The second-order valence-electron chi connectivity index (χ2n) is 3.64. The highest BCUT2D eigenvalue weighted by molar-refractivity contribution is 5.95. The van der Waals surface area contributed by atoms with Crippen LogP contribution in [0.3, 0.4) is 0 Å². The minimum absolute atomic E-state index is 0.331. The molecule has 1 aromatic rings. The van der Waals surface area contributed by atoms with Crippen molar-refractivity contribution in [1.29, 1.82) is 0 Å². The van der Waals surface area contributed by atoms with Crippen molar-refractivity contribution < 1.29 is 23.8 Å². The molecule has 17 heavy (non-hydrogen) atoms. The number of cyclic esters (lactones) is 1. The van der Waals surface area contributed by atoms with Crippen molar-refractivity contribution in [2.75, 3.05) is 14.2 Å². The predicted octanol–water partition coefficient (Wildman–Crippen LogP) is 0.950. The second kappa shape index (κ2) is 4.45. The largest absolute Gasteiger partial charge is 0.497 e. The minimum atomic E-state index is -0.853. The average molecular weight is 236 g/mol. The van der Waals surface area contributed by atoms with Crippen LogP contribution in [0.25, 0.3) is 0 Å². The van der Waals surface area contributed by atoms with Crippen molar-refractivity contribution in [3.05, 3.63) is 29.3 Å². The lowest BCUT2D eigenvalue weighted by atomic mass is 9.98. The minimum Gasteiger partial charge on any atom is -0.497 e. The molecule has 5 heteroatoms. The van der Waals surface area contributed by atoms with Gasteiger partial charge in [-0.3, -0.25) is 0 Å². The van der Waals surface area contributed by atoms with Gasteiger partial charge in [0.1, 0.15) is 5.75 Å². The van der Waals surface area contributed by atoms with E-state index in [0.29, 0.717) is 17.7 Å². The van der Waals surface area contributed by atoms with Crippen LogP contribution >= 0.6 is 0 Å². The van der Waals surface area contributed by atoms with Crippen LogP contribution in [0.15, 0.2) is 18.2 Å². The van der Waals surface area contributed by atoms with E-state index in [1.165, 1.54) is 14.2 Å². The number of hydrogen-bond acceptors (Lipinski definition) is 5. The summed E-state index contributed by atoms with van der Waals surface area (Å²) in [5.74, 6) is -0.488. The summed E-state index contributed by atoms with van der Waals surface area (Å²) in [4.78, 5) is 23.0. The van der Waals surface area contributed by atoms with E-state index in [1.54, 1.807) is 18.2 Å². The van der Waals surface area contributed by atoms with Crippen molar-refractivity contribution in [2.45, 2.75) is 12.5 Å². The van der Waals surface area contributed by atoms with E-state index in [1.807, 2.05) is 0 Å². The number of esters is 2. The third-order valence-electron chi connectivity index (χ3n) is 2.66. The Hall–Kier alpha value is -2.04. The van der Waals surface area contributed by atoms with E-state index in [9.17, 15) is 9.59 Å². The van der Waals surface area contributed by atoms with Crippen molar-refractivity contribution in [3.63, 3.8) is 0 Å². The standard InChI is InChI=1S/C12H12O5/c1-15-8-4-3-7-5-10(12(14)16-2)17-11(13)9(7)6-8/h3-4,6,10H,5H2,1-2H3. The van der Waals surface area contributed by atoms with E-state index in [0.717, 1.165) is 5.56 Å². The first-order valence-electron chi connectivity index (χ1n) is 5.11. The smallest absolute Gasteiger partial charge is 0.347 e. The maximum Gasteiger partial charge on any atom is 0.347 e. The van der Waals surface area contributed by atoms with Gasteiger partial charge in [-0.25, -0.2) is 9.59 Å². The Labute approximate surface area is 98.3 Å². The Kier molecular flexibility index (Phi) is 2.99. The maximum absolute atomic E-state index is 11.7. The molecule has 0 spiro atoms. The molecule has 0 saturated carbocycles. The van der Waals surface area contributed by atoms with Crippen molar-refractivity contribution in [3.8, 4) is 5.75 Å². The molecule has 90 valence electrons. The molecule has 0 amide bonds. The van der Waals surface area contributed by atoms with Crippen molar-refractivity contribution >= 4 is 11.9 Å². The summed E-state index contributed by atoms with van der Waals surface area (Å²) < 4.78 is 14.6. The number of hydrogen-bond donors (Lipinski definition) is 0. The monoisotopic (exact) mass is 236 g/mol. The fourth-order valence-electron chi connectivity index (χ4n) is 1.75. The van der Waals surface area contributed by atoms with Crippen LogP contribution in [-0.4, -0.2) is 32.3 Å². The molecule has 2 rings (SSSR count). The molecular formula is C12H12O5. The lowest BCUT2D eigenvalue weighted by molar-refractivity contribution is -0.151. The third kappa shape index (κ3) is 2.08. The Morgan fingerprint density at radius 2 is 2.18 bits per heavy atom. The van der Waals surface area contributed by atoms with Crippen LogP contribution in [0.1, 0.15) is 15.9 Å². The molecule has 0 saturated heterocycles. The van der Waals surface area contributed by atoms with Crippen LogP contribution in [0.4, 0.5) is 0 Å². The lowest BCUT2D eigenvalue weighted by Gasteiger charge is -2.22. The van der Waals surface area contributed by atoms with Gasteiger partial charge in [-0.15, -0.1) is 0 Å². The quantitative estimate of drug-likeness (QED) is 0.715. The SMILES string of the molecule is COC(=O)C1Cc2ccc(OC)cc2C(=O)O1. The third-order valence-corrected chi connectivity index (χ3v) is 2.66. The highest BCUT2D eigenvalue weighted by Crippen LogP contribution is 2.25. The summed E-state index contributed by atoms with van der Waals surface area (Å²) in [6.45, 7) is 0. The predicted molar refractivity (Wildman–Crippen MR) is 57.9 cm³/mol. The van der Waals surface area contributed by atoms with E-state index < -0.39 is 18.0 Å². The van der Waals surface area contributed by atoms with Gasteiger partial charge >= 0.3 is 11.9 Å². The van der Waals surface area contributed by atoms with E-state index in [-0.39, 0.29) is 0 Å². The number of methoxy groups -OCH3 is 2. The summed E-state index contributed by atoms with van der Waals surface area (Å²) in [5.41, 5.74) is 1.20. The molecule has 1 aliphatic heterocycles. The molecule has 0 N–H and O–H groups in total. The average Bonchev–Trinajstić information content (AvgIpc) is 2.37. The molecule has 1 aliphatic rings. The van der Waals surface area contributed by atoms with E-state index in [2.05, 4.69) is 4.74 Å². The first-order chi connectivity index (χ1) is 8.15. The van der Waals surface area contributed by atoms with Crippen LogP contribution in [0.2, 0.25) is 0 Å². The van der Waals surface area contributed by atoms with Gasteiger partial charge in [-0.05, 0) is 17.7 Å². The number of carbonyl (C=O) groups excluding carboxylic acids is 2. The molecule has 1 aromatic carbocycles. The Balaban J connectivity index is 2.32. The molecule has 0 fully saturated rings. The number of carbonyl (C=O) groups is 2. The first kappa shape index (κ1) is 11.4. The Bertz CT molecular complexity index is 466. The molecule has 0 bridgehead atoms. The zero-order valence-electron chi connectivity index (χ0n) is 9.56. The normalized spacial score (nSPS) is 18.0. The van der Waals surface area contributed by atoms with Crippen LogP contribution in [0, 0.1) is 0 Å². The number of fused-ring (bicyclic) bond motifs is 1. The molecular weight excluding hydrogens is 224 g/mol. The summed E-state index contributed by atoms with van der Waals surface area (Å²) in [7, 11) is 2.78. The Morgan fingerprint density at radius 3 is 2.82 bits per heavy atom. The summed E-state index contributed by atoms with van der Waals surface area (Å²) in [6, 6.07) is 5.10. The zero-order valence-corrected chi connectivity index (χ0v) is 9.56. The molecule has 1 unspecified atom stereocenters. The van der Waals surface area contributed by atoms with E-state index >= 15 is 0 Å². The van der Waals surface area contributed by atoms with Crippen molar-refractivity contribution in [1.82, 2.24) is 0 Å². The molecule has 1 atom stereocenters. The van der Waals surface area contributed by atoms with Crippen LogP contribution < -0.4 is 4.74 Å².